The lowest BCUT2D eigenvalue weighted by Crippen LogP contribution is -2.59. The number of nitrogens with one attached hydrogen (secondary N) is 1. The van der Waals surface area contributed by atoms with Crippen molar-refractivity contribution >= 4 is 33.3 Å². The zero-order valence-electron chi connectivity index (χ0n) is 14.3. The van der Waals surface area contributed by atoms with E-state index in [0.717, 1.165) is 34.8 Å². The predicted octanol–water partition coefficient (Wildman–Crippen LogP) is 2.50. The van der Waals surface area contributed by atoms with Crippen LogP contribution in [0.1, 0.15) is 10.4 Å². The largest absolute Gasteiger partial charge is 0.351 e. The third-order valence-corrected chi connectivity index (χ3v) is 5.52. The third kappa shape index (κ3) is 2.93. The van der Waals surface area contributed by atoms with Gasteiger partial charge in [0.25, 0.3) is 5.91 Å². The first-order valence-electron chi connectivity index (χ1n) is 8.62. The number of anilines is 1. The van der Waals surface area contributed by atoms with Gasteiger partial charge in [0.2, 0.25) is 0 Å². The fourth-order valence-corrected chi connectivity index (χ4v) is 4.09. The van der Waals surface area contributed by atoms with Crippen LogP contribution in [0.4, 0.5) is 5.82 Å². The maximum absolute atomic E-state index is 12.6. The van der Waals surface area contributed by atoms with E-state index < -0.39 is 0 Å². The number of benzene rings is 1. The van der Waals surface area contributed by atoms with Gasteiger partial charge in [0.15, 0.2) is 0 Å². The van der Waals surface area contributed by atoms with Gasteiger partial charge in [0.05, 0.1) is 21.9 Å². The first kappa shape index (κ1) is 16.0. The fourth-order valence-electron chi connectivity index (χ4n) is 3.22. The van der Waals surface area contributed by atoms with Gasteiger partial charge in [0, 0.05) is 31.0 Å². The Morgan fingerprint density at radius 3 is 2.96 bits per heavy atom. The van der Waals surface area contributed by atoms with Crippen LogP contribution >= 0.6 is 11.3 Å². The topological polar surface area (TPSA) is 75.9 Å². The summed E-state index contributed by atoms with van der Waals surface area (Å²) < 4.78 is 2.83. The SMILES string of the molecule is O=C(NC1CN(c2ncnc3ccsc23)C1)c1cccc(-n2cccn2)c1. The van der Waals surface area contributed by atoms with Crippen molar-refractivity contribution in [2.24, 2.45) is 0 Å². The van der Waals surface area contributed by atoms with Crippen LogP contribution in [0.5, 0.6) is 0 Å². The second-order valence-electron chi connectivity index (χ2n) is 6.41. The van der Waals surface area contributed by atoms with E-state index in [-0.39, 0.29) is 11.9 Å². The molecule has 134 valence electrons. The first-order valence-corrected chi connectivity index (χ1v) is 9.50. The molecular weight excluding hydrogens is 360 g/mol. The molecule has 0 aliphatic carbocycles. The van der Waals surface area contributed by atoms with E-state index in [0.29, 0.717) is 5.56 Å². The molecule has 1 fully saturated rings. The molecule has 1 aliphatic heterocycles. The van der Waals surface area contributed by atoms with Gasteiger partial charge in [-0.05, 0) is 35.7 Å². The normalized spacial score (nSPS) is 14.3. The number of thiophene rings is 1. The summed E-state index contributed by atoms with van der Waals surface area (Å²) in [7, 11) is 0. The molecule has 0 bridgehead atoms. The predicted molar refractivity (Wildman–Crippen MR) is 104 cm³/mol. The Kier molecular flexibility index (Phi) is 3.83. The van der Waals surface area contributed by atoms with E-state index in [1.807, 2.05) is 48.0 Å². The molecule has 0 atom stereocenters. The highest BCUT2D eigenvalue weighted by atomic mass is 32.1. The highest BCUT2D eigenvalue weighted by Gasteiger charge is 2.30. The van der Waals surface area contributed by atoms with Crippen LogP contribution in [-0.2, 0) is 0 Å². The molecule has 1 aromatic carbocycles. The molecule has 1 saturated heterocycles. The van der Waals surface area contributed by atoms with Crippen LogP contribution in [0.2, 0.25) is 0 Å². The minimum atomic E-state index is -0.0717. The number of aromatic nitrogens is 4. The van der Waals surface area contributed by atoms with Crippen molar-refractivity contribution in [2.45, 2.75) is 6.04 Å². The average molecular weight is 376 g/mol. The summed E-state index contributed by atoms with van der Waals surface area (Å²) >= 11 is 1.64. The van der Waals surface area contributed by atoms with Crippen LogP contribution in [0.25, 0.3) is 15.9 Å². The van der Waals surface area contributed by atoms with Crippen LogP contribution in [0.3, 0.4) is 0 Å². The average Bonchev–Trinajstić information content (AvgIpc) is 3.35. The summed E-state index contributed by atoms with van der Waals surface area (Å²) in [4.78, 5) is 23.5. The Bertz CT molecular complexity index is 1100. The second kappa shape index (κ2) is 6.48. The Morgan fingerprint density at radius 2 is 2.11 bits per heavy atom. The molecule has 8 heteroatoms. The quantitative estimate of drug-likeness (QED) is 0.592. The summed E-state index contributed by atoms with van der Waals surface area (Å²) in [6.07, 6.45) is 5.17. The lowest BCUT2D eigenvalue weighted by atomic mass is 10.1. The lowest BCUT2D eigenvalue weighted by Gasteiger charge is -2.40. The minimum absolute atomic E-state index is 0.0717. The van der Waals surface area contributed by atoms with Crippen molar-refractivity contribution in [1.82, 2.24) is 25.1 Å². The van der Waals surface area contributed by atoms with Gasteiger partial charge in [-0.3, -0.25) is 4.79 Å². The maximum atomic E-state index is 12.6. The van der Waals surface area contributed by atoms with Crippen molar-refractivity contribution in [1.29, 1.82) is 0 Å². The highest BCUT2D eigenvalue weighted by Crippen LogP contribution is 2.30. The first-order chi connectivity index (χ1) is 13.3. The van der Waals surface area contributed by atoms with Gasteiger partial charge in [-0.1, -0.05) is 6.07 Å². The van der Waals surface area contributed by atoms with Crippen LogP contribution in [-0.4, -0.2) is 44.8 Å². The number of fused-ring (bicyclic) bond motifs is 1. The molecule has 0 saturated carbocycles. The molecule has 7 nitrogen and oxygen atoms in total. The van der Waals surface area contributed by atoms with E-state index in [2.05, 4.69) is 25.3 Å². The van der Waals surface area contributed by atoms with Crippen molar-refractivity contribution in [3.8, 4) is 5.69 Å². The van der Waals surface area contributed by atoms with Gasteiger partial charge >= 0.3 is 0 Å². The van der Waals surface area contributed by atoms with E-state index >= 15 is 0 Å². The Balaban J connectivity index is 1.26. The number of nitrogens with zero attached hydrogens (tertiary/aromatic N) is 5. The Hall–Kier alpha value is -3.26. The number of carbonyl (C=O) groups excluding carboxylic acids is 1. The van der Waals surface area contributed by atoms with Crippen LogP contribution < -0.4 is 10.2 Å². The van der Waals surface area contributed by atoms with Crippen molar-refractivity contribution < 1.29 is 4.79 Å². The third-order valence-electron chi connectivity index (χ3n) is 4.62. The van der Waals surface area contributed by atoms with E-state index in [1.54, 1.807) is 28.5 Å². The second-order valence-corrected chi connectivity index (χ2v) is 7.32. The van der Waals surface area contributed by atoms with Crippen LogP contribution in [0.15, 0.2) is 60.5 Å². The Morgan fingerprint density at radius 1 is 1.19 bits per heavy atom. The standard InChI is InChI=1S/C19H16N6OS/c26-19(13-3-1-4-15(9-13)25-7-2-6-22-25)23-14-10-24(11-14)18-17-16(5-8-27-17)20-12-21-18/h1-9,12,14H,10-11H2,(H,23,26). The summed E-state index contributed by atoms with van der Waals surface area (Å²) in [5.74, 6) is 0.874. The number of amides is 1. The number of rotatable bonds is 4. The highest BCUT2D eigenvalue weighted by molar-refractivity contribution is 7.17. The molecule has 27 heavy (non-hydrogen) atoms. The van der Waals surface area contributed by atoms with E-state index in [4.69, 9.17) is 0 Å². The fraction of sp³-hybridized carbons (Fsp3) is 0.158. The molecule has 1 amide bonds. The summed E-state index contributed by atoms with van der Waals surface area (Å²) in [5.41, 5.74) is 2.46. The molecule has 1 aliphatic rings. The van der Waals surface area contributed by atoms with E-state index in [1.165, 1.54) is 0 Å². The monoisotopic (exact) mass is 376 g/mol. The van der Waals surface area contributed by atoms with Crippen molar-refractivity contribution in [2.75, 3.05) is 18.0 Å². The molecule has 1 N–H and O–H groups in total. The molecule has 0 unspecified atom stereocenters. The molecule has 3 aromatic heterocycles. The van der Waals surface area contributed by atoms with Gasteiger partial charge in [-0.25, -0.2) is 14.6 Å². The Labute approximate surface area is 159 Å². The summed E-state index contributed by atoms with van der Waals surface area (Å²) in [6.45, 7) is 1.49. The summed E-state index contributed by atoms with van der Waals surface area (Å²) in [5, 5.41) is 9.33. The number of hydrogen-bond donors (Lipinski definition) is 1. The van der Waals surface area contributed by atoms with Gasteiger partial charge in [0.1, 0.15) is 12.1 Å². The van der Waals surface area contributed by atoms with Gasteiger partial charge in [-0.15, -0.1) is 11.3 Å². The molecular formula is C19H16N6OS. The zero-order valence-corrected chi connectivity index (χ0v) is 15.1. The smallest absolute Gasteiger partial charge is 0.251 e. The lowest BCUT2D eigenvalue weighted by molar-refractivity contribution is 0.0930. The minimum Gasteiger partial charge on any atom is -0.351 e. The summed E-state index contributed by atoms with van der Waals surface area (Å²) in [6, 6.07) is 11.4. The van der Waals surface area contributed by atoms with Gasteiger partial charge < -0.3 is 10.2 Å². The van der Waals surface area contributed by atoms with Crippen molar-refractivity contribution in [3.63, 3.8) is 0 Å². The van der Waals surface area contributed by atoms with Crippen LogP contribution in [0, 0.1) is 0 Å². The maximum Gasteiger partial charge on any atom is 0.251 e. The molecule has 4 heterocycles. The van der Waals surface area contributed by atoms with Gasteiger partial charge in [-0.2, -0.15) is 5.10 Å². The zero-order chi connectivity index (χ0) is 18.2. The number of carbonyl (C=O) groups is 1. The molecule has 0 spiro atoms. The number of hydrogen-bond acceptors (Lipinski definition) is 6. The molecule has 0 radical (unpaired) electrons. The van der Waals surface area contributed by atoms with E-state index in [9.17, 15) is 4.79 Å². The molecule has 4 aromatic rings. The van der Waals surface area contributed by atoms with Crippen molar-refractivity contribution in [3.05, 3.63) is 66.1 Å². The molecule has 5 rings (SSSR count).